The highest BCUT2D eigenvalue weighted by Crippen LogP contribution is 2.25. The van der Waals surface area contributed by atoms with E-state index in [0.717, 1.165) is 6.07 Å². The van der Waals surface area contributed by atoms with Crippen molar-refractivity contribution in [3.63, 3.8) is 0 Å². The molecular weight excluding hydrogens is 279 g/mol. The van der Waals surface area contributed by atoms with Gasteiger partial charge in [-0.2, -0.15) is 0 Å². The minimum Gasteiger partial charge on any atom is -0.496 e. The fraction of sp³-hybridized carbons (Fsp3) is 0.364. The lowest BCUT2D eigenvalue weighted by atomic mass is 10.1. The molecule has 0 spiro atoms. The molecule has 0 bridgehead atoms. The van der Waals surface area contributed by atoms with Crippen LogP contribution in [0.25, 0.3) is 0 Å². The van der Waals surface area contributed by atoms with E-state index in [2.05, 4.69) is 15.9 Å². The van der Waals surface area contributed by atoms with E-state index >= 15 is 0 Å². The third-order valence-corrected chi connectivity index (χ3v) is 2.61. The first kappa shape index (κ1) is 13.0. The van der Waals surface area contributed by atoms with Gasteiger partial charge in [0.15, 0.2) is 0 Å². The van der Waals surface area contributed by atoms with Crippen molar-refractivity contribution in [2.75, 3.05) is 13.7 Å². The summed E-state index contributed by atoms with van der Waals surface area (Å²) in [6.07, 6.45) is 0. The summed E-state index contributed by atoms with van der Waals surface area (Å²) in [5, 5.41) is 0.359. The van der Waals surface area contributed by atoms with E-state index in [-0.39, 0.29) is 12.2 Å². The molecule has 0 aliphatic carbocycles. The highest BCUT2D eigenvalue weighted by Gasteiger charge is 2.17. The van der Waals surface area contributed by atoms with Crippen molar-refractivity contribution in [2.45, 2.75) is 12.3 Å². The highest BCUT2D eigenvalue weighted by molar-refractivity contribution is 9.08. The molecule has 0 aliphatic heterocycles. The molecule has 88 valence electrons. The van der Waals surface area contributed by atoms with E-state index in [9.17, 15) is 9.18 Å². The minimum absolute atomic E-state index is 0.103. The first-order valence-corrected chi connectivity index (χ1v) is 5.85. The lowest BCUT2D eigenvalue weighted by Crippen LogP contribution is -2.08. The van der Waals surface area contributed by atoms with Gasteiger partial charge in [-0.1, -0.05) is 15.9 Å². The number of esters is 1. The number of ether oxygens (including phenoxy) is 2. The molecular formula is C11H12BrFO3. The van der Waals surface area contributed by atoms with Gasteiger partial charge in [-0.3, -0.25) is 0 Å². The van der Waals surface area contributed by atoms with Crippen LogP contribution in [-0.2, 0) is 10.1 Å². The molecule has 16 heavy (non-hydrogen) atoms. The van der Waals surface area contributed by atoms with E-state index in [1.807, 2.05) is 0 Å². The largest absolute Gasteiger partial charge is 0.496 e. The smallest absolute Gasteiger partial charge is 0.342 e. The maximum Gasteiger partial charge on any atom is 0.342 e. The Kier molecular flexibility index (Phi) is 4.73. The molecule has 0 unspecified atom stereocenters. The van der Waals surface area contributed by atoms with Gasteiger partial charge in [0.1, 0.15) is 17.1 Å². The van der Waals surface area contributed by atoms with Crippen LogP contribution in [-0.4, -0.2) is 19.7 Å². The van der Waals surface area contributed by atoms with Gasteiger partial charge in [-0.15, -0.1) is 0 Å². The Morgan fingerprint density at radius 2 is 2.19 bits per heavy atom. The second-order valence-electron chi connectivity index (χ2n) is 3.00. The van der Waals surface area contributed by atoms with Crippen LogP contribution in [0.1, 0.15) is 22.8 Å². The summed E-state index contributed by atoms with van der Waals surface area (Å²) in [4.78, 5) is 11.5. The second kappa shape index (κ2) is 5.84. The number of carbonyl (C=O) groups is 1. The summed E-state index contributed by atoms with van der Waals surface area (Å²) in [7, 11) is 1.42. The van der Waals surface area contributed by atoms with Gasteiger partial charge in [-0.05, 0) is 19.1 Å². The molecule has 5 heteroatoms. The van der Waals surface area contributed by atoms with Crippen molar-refractivity contribution in [1.82, 2.24) is 0 Å². The number of carbonyl (C=O) groups excluding carboxylic acids is 1. The van der Waals surface area contributed by atoms with Gasteiger partial charge in [0.25, 0.3) is 0 Å². The quantitative estimate of drug-likeness (QED) is 0.632. The highest BCUT2D eigenvalue weighted by atomic mass is 79.9. The van der Waals surface area contributed by atoms with Gasteiger partial charge in [0, 0.05) is 10.9 Å². The van der Waals surface area contributed by atoms with E-state index in [1.165, 1.54) is 13.2 Å². The van der Waals surface area contributed by atoms with Crippen LogP contribution < -0.4 is 4.74 Å². The van der Waals surface area contributed by atoms with E-state index in [0.29, 0.717) is 16.6 Å². The topological polar surface area (TPSA) is 35.5 Å². The molecule has 1 aromatic rings. The fourth-order valence-electron chi connectivity index (χ4n) is 1.24. The number of halogens is 2. The lowest BCUT2D eigenvalue weighted by molar-refractivity contribution is 0.0522. The van der Waals surface area contributed by atoms with Crippen molar-refractivity contribution in [2.24, 2.45) is 0 Å². The molecule has 0 fully saturated rings. The summed E-state index contributed by atoms with van der Waals surface area (Å²) in [6, 6.07) is 2.61. The summed E-state index contributed by atoms with van der Waals surface area (Å²) in [5.41, 5.74) is 0.538. The standard InChI is InChI=1S/C11H12BrFO3/c1-3-16-11(14)8-5-9(13)7(6-12)4-10(8)15-2/h4-5H,3,6H2,1-2H3. The lowest BCUT2D eigenvalue weighted by Gasteiger charge is -2.09. The zero-order valence-corrected chi connectivity index (χ0v) is 10.6. The molecule has 3 nitrogen and oxygen atoms in total. The summed E-state index contributed by atoms with van der Waals surface area (Å²) in [5.74, 6) is -0.727. The number of hydrogen-bond acceptors (Lipinski definition) is 3. The monoisotopic (exact) mass is 290 g/mol. The Balaban J connectivity index is 3.17. The molecule has 1 rings (SSSR count). The molecule has 0 amide bonds. The van der Waals surface area contributed by atoms with Crippen molar-refractivity contribution < 1.29 is 18.7 Å². The second-order valence-corrected chi connectivity index (χ2v) is 3.56. The number of methoxy groups -OCH3 is 1. The van der Waals surface area contributed by atoms with Gasteiger partial charge in [0.05, 0.1) is 13.7 Å². The average molecular weight is 291 g/mol. The first-order chi connectivity index (χ1) is 7.63. The number of rotatable bonds is 4. The van der Waals surface area contributed by atoms with Crippen molar-refractivity contribution in [3.8, 4) is 5.75 Å². The summed E-state index contributed by atoms with van der Waals surface area (Å²) >= 11 is 3.15. The normalized spacial score (nSPS) is 10.0. The van der Waals surface area contributed by atoms with Gasteiger partial charge >= 0.3 is 5.97 Å². The first-order valence-electron chi connectivity index (χ1n) is 4.73. The van der Waals surface area contributed by atoms with Crippen LogP contribution in [0.5, 0.6) is 5.75 Å². The maximum absolute atomic E-state index is 13.5. The fourth-order valence-corrected chi connectivity index (χ4v) is 1.66. The van der Waals surface area contributed by atoms with Crippen LogP contribution in [0.3, 0.4) is 0 Å². The third-order valence-electron chi connectivity index (χ3n) is 2.01. The van der Waals surface area contributed by atoms with Gasteiger partial charge < -0.3 is 9.47 Å². The predicted molar refractivity (Wildman–Crippen MR) is 61.5 cm³/mol. The van der Waals surface area contributed by atoms with Crippen LogP contribution >= 0.6 is 15.9 Å². The molecule has 0 aliphatic rings. The van der Waals surface area contributed by atoms with E-state index < -0.39 is 11.8 Å². The number of benzene rings is 1. The van der Waals surface area contributed by atoms with E-state index in [4.69, 9.17) is 9.47 Å². The molecule has 0 saturated carbocycles. The van der Waals surface area contributed by atoms with E-state index in [1.54, 1.807) is 6.92 Å². The van der Waals surface area contributed by atoms with Crippen LogP contribution in [0.15, 0.2) is 12.1 Å². The number of alkyl halides is 1. The maximum atomic E-state index is 13.5. The Labute approximate surface area is 102 Å². The molecule has 0 heterocycles. The Hall–Kier alpha value is -1.10. The Bertz CT molecular complexity index is 393. The van der Waals surface area contributed by atoms with Gasteiger partial charge in [-0.25, -0.2) is 9.18 Å². The molecule has 1 aromatic carbocycles. The summed E-state index contributed by atoms with van der Waals surface area (Å²) < 4.78 is 23.3. The van der Waals surface area contributed by atoms with Crippen molar-refractivity contribution in [1.29, 1.82) is 0 Å². The molecule has 0 N–H and O–H groups in total. The SMILES string of the molecule is CCOC(=O)c1cc(F)c(CBr)cc1OC. The summed E-state index contributed by atoms with van der Waals surface area (Å²) in [6.45, 7) is 1.93. The number of hydrogen-bond donors (Lipinski definition) is 0. The van der Waals surface area contributed by atoms with Crippen LogP contribution in [0.2, 0.25) is 0 Å². The predicted octanol–water partition coefficient (Wildman–Crippen LogP) is 2.91. The van der Waals surface area contributed by atoms with Crippen molar-refractivity contribution in [3.05, 3.63) is 29.1 Å². The molecule has 0 aromatic heterocycles. The van der Waals surface area contributed by atoms with Gasteiger partial charge in [0.2, 0.25) is 0 Å². The Morgan fingerprint density at radius 1 is 1.50 bits per heavy atom. The third kappa shape index (κ3) is 2.72. The van der Waals surface area contributed by atoms with Crippen molar-refractivity contribution >= 4 is 21.9 Å². The molecule has 0 saturated heterocycles. The zero-order chi connectivity index (χ0) is 12.1. The Morgan fingerprint density at radius 3 is 2.69 bits per heavy atom. The zero-order valence-electron chi connectivity index (χ0n) is 9.05. The molecule has 0 radical (unpaired) electrons. The van der Waals surface area contributed by atoms with Crippen LogP contribution in [0.4, 0.5) is 4.39 Å². The minimum atomic E-state index is -0.584. The molecule has 0 atom stereocenters. The van der Waals surface area contributed by atoms with Crippen LogP contribution in [0, 0.1) is 5.82 Å². The average Bonchev–Trinajstić information content (AvgIpc) is 2.29.